The van der Waals surface area contributed by atoms with Gasteiger partial charge in [-0.2, -0.15) is 0 Å². The molecule has 16 nitrogen and oxygen atoms in total. The fourth-order valence-corrected chi connectivity index (χ4v) is 7.62. The number of amides is 4. The van der Waals surface area contributed by atoms with Crippen LogP contribution in [0, 0.1) is 11.8 Å². The van der Waals surface area contributed by atoms with Crippen LogP contribution in [0.5, 0.6) is 0 Å². The molecule has 7 rings (SSSR count). The summed E-state index contributed by atoms with van der Waals surface area (Å²) in [6.45, 7) is 9.32. The van der Waals surface area contributed by atoms with Crippen molar-refractivity contribution < 1.29 is 38.5 Å². The molecule has 4 amide bonds. The number of hydrogen-bond acceptors (Lipinski definition) is 9. The number of nitrogens with one attached hydrogen (secondary N) is 4. The van der Waals surface area contributed by atoms with Gasteiger partial charge in [-0.25, -0.2) is 19.6 Å². The Bertz CT molecular complexity index is 2300. The Hall–Kier alpha value is -6.26. The number of imidazole rings is 2. The molecule has 0 radical (unpaired) electrons. The fraction of sp³-hybridized carbons (Fsp3) is 0.395. The lowest BCUT2D eigenvalue weighted by Gasteiger charge is -2.37. The first-order chi connectivity index (χ1) is 28.4. The maximum absolute atomic E-state index is 13.7. The average molecular weight is 807 g/mol. The number of methoxy groups -OCH3 is 1. The maximum Gasteiger partial charge on any atom is 0.407 e. The Morgan fingerprint density at radius 2 is 1.15 bits per heavy atom. The lowest BCUT2D eigenvalue weighted by atomic mass is 9.98. The maximum atomic E-state index is 13.7. The van der Waals surface area contributed by atoms with Crippen LogP contribution in [0.25, 0.3) is 44.4 Å². The average Bonchev–Trinajstić information content (AvgIpc) is 3.95. The summed E-state index contributed by atoms with van der Waals surface area (Å²) in [5.41, 5.74) is 5.35. The van der Waals surface area contributed by atoms with E-state index in [9.17, 15) is 24.3 Å². The van der Waals surface area contributed by atoms with E-state index in [0.717, 1.165) is 38.7 Å². The van der Waals surface area contributed by atoms with E-state index in [0.29, 0.717) is 43.6 Å². The second-order valence-corrected chi connectivity index (χ2v) is 15.5. The van der Waals surface area contributed by atoms with Crippen LogP contribution in [-0.4, -0.2) is 118 Å². The second kappa shape index (κ2) is 17.7. The van der Waals surface area contributed by atoms with E-state index in [1.807, 2.05) is 64.2 Å². The number of carbonyl (C=O) groups is 4. The molecule has 16 heteroatoms. The summed E-state index contributed by atoms with van der Waals surface area (Å²) in [6.07, 6.45) is 1.74. The summed E-state index contributed by atoms with van der Waals surface area (Å²) in [5.74, 6) is 0.257. The topological polar surface area (TPSA) is 204 Å². The normalized spacial score (nSPS) is 18.2. The van der Waals surface area contributed by atoms with Gasteiger partial charge >= 0.3 is 12.2 Å². The highest BCUT2D eigenvalue weighted by Gasteiger charge is 2.38. The molecule has 2 saturated heterocycles. The quantitative estimate of drug-likeness (QED) is 0.109. The Kier molecular flexibility index (Phi) is 12.3. The molecule has 4 heterocycles. The number of morpholine rings is 2. The Morgan fingerprint density at radius 3 is 1.66 bits per heavy atom. The number of carboxylic acid groups (broad SMARTS) is 1. The van der Waals surface area contributed by atoms with E-state index in [2.05, 4.69) is 50.9 Å². The van der Waals surface area contributed by atoms with Crippen molar-refractivity contribution in [3.05, 3.63) is 84.7 Å². The molecule has 5 aromatic rings. The first-order valence-electron chi connectivity index (χ1n) is 19.8. The van der Waals surface area contributed by atoms with Crippen molar-refractivity contribution >= 4 is 34.8 Å². The fourth-order valence-electron chi connectivity index (χ4n) is 7.62. The van der Waals surface area contributed by atoms with Crippen molar-refractivity contribution in [1.29, 1.82) is 0 Å². The van der Waals surface area contributed by atoms with Gasteiger partial charge in [0.05, 0.1) is 44.9 Å². The Balaban J connectivity index is 1.04. The van der Waals surface area contributed by atoms with Crippen LogP contribution in [0.2, 0.25) is 0 Å². The van der Waals surface area contributed by atoms with Crippen LogP contribution in [0.15, 0.2) is 73.1 Å². The van der Waals surface area contributed by atoms with Crippen LogP contribution in [-0.2, 0) is 23.8 Å². The highest BCUT2D eigenvalue weighted by molar-refractivity contribution is 5.91. The number of aromatic nitrogens is 4. The van der Waals surface area contributed by atoms with Gasteiger partial charge in [0.2, 0.25) is 11.8 Å². The number of nitrogens with zero attached hydrogens (tertiary/aromatic N) is 4. The number of fused-ring (bicyclic) bond motifs is 1. The zero-order chi connectivity index (χ0) is 41.8. The summed E-state index contributed by atoms with van der Waals surface area (Å²) < 4.78 is 16.2. The second-order valence-electron chi connectivity index (χ2n) is 15.5. The highest BCUT2D eigenvalue weighted by Crippen LogP contribution is 2.32. The highest BCUT2D eigenvalue weighted by atomic mass is 16.5. The number of aromatic amines is 2. The molecule has 310 valence electrons. The third kappa shape index (κ3) is 8.93. The molecule has 4 atom stereocenters. The van der Waals surface area contributed by atoms with Crippen molar-refractivity contribution in [1.82, 2.24) is 40.4 Å². The molecule has 0 spiro atoms. The predicted octanol–water partition coefficient (Wildman–Crippen LogP) is 5.76. The van der Waals surface area contributed by atoms with Crippen LogP contribution in [0.4, 0.5) is 9.59 Å². The summed E-state index contributed by atoms with van der Waals surface area (Å²) in [7, 11) is 1.27. The van der Waals surface area contributed by atoms with Gasteiger partial charge in [-0.1, -0.05) is 76.2 Å². The number of rotatable bonds is 11. The van der Waals surface area contributed by atoms with Gasteiger partial charge in [0.1, 0.15) is 35.8 Å². The Morgan fingerprint density at radius 1 is 0.695 bits per heavy atom. The third-order valence-electron chi connectivity index (χ3n) is 10.9. The number of H-pyrrole nitrogens is 2. The van der Waals surface area contributed by atoms with E-state index < -0.39 is 36.4 Å². The molecule has 59 heavy (non-hydrogen) atoms. The molecule has 2 aliphatic rings. The minimum Gasteiger partial charge on any atom is -0.465 e. The van der Waals surface area contributed by atoms with Gasteiger partial charge in [-0.15, -0.1) is 0 Å². The van der Waals surface area contributed by atoms with Gasteiger partial charge in [-0.3, -0.25) is 9.59 Å². The van der Waals surface area contributed by atoms with E-state index in [1.165, 1.54) is 7.11 Å². The zero-order valence-corrected chi connectivity index (χ0v) is 33.7. The molecule has 0 aliphatic carbocycles. The van der Waals surface area contributed by atoms with Gasteiger partial charge in [-0.05, 0) is 45.9 Å². The number of hydrogen-bond donors (Lipinski definition) is 5. The zero-order valence-electron chi connectivity index (χ0n) is 33.7. The third-order valence-corrected chi connectivity index (χ3v) is 10.9. The van der Waals surface area contributed by atoms with E-state index >= 15 is 0 Å². The van der Waals surface area contributed by atoms with E-state index in [-0.39, 0.29) is 36.9 Å². The largest absolute Gasteiger partial charge is 0.465 e. The predicted molar refractivity (Wildman–Crippen MR) is 219 cm³/mol. The molecule has 2 aliphatic heterocycles. The van der Waals surface area contributed by atoms with Crippen LogP contribution < -0.4 is 10.6 Å². The monoisotopic (exact) mass is 806 g/mol. The van der Waals surface area contributed by atoms with Crippen molar-refractivity contribution in [3.8, 4) is 33.6 Å². The minimum atomic E-state index is -1.24. The molecule has 2 aromatic heterocycles. The summed E-state index contributed by atoms with van der Waals surface area (Å²) in [4.78, 5) is 70.2. The summed E-state index contributed by atoms with van der Waals surface area (Å²) in [6, 6.07) is 18.0. The molecule has 0 saturated carbocycles. The smallest absolute Gasteiger partial charge is 0.407 e. The van der Waals surface area contributed by atoms with Gasteiger partial charge < -0.3 is 49.7 Å². The molecular formula is C43H50N8O8. The SMILES string of the molecule is COC(=O)N[C@H](C(=O)N1CCOC[C@H]1c1nc(-c2ccc3cc(-c4ccc(-c5c[nH]c([C@@H]6COCCN6C(=O)[C@@H](NC(=O)O)C(C)C)n5)cc4)ccc3c2)c[nH]1)C(C)C. The van der Waals surface area contributed by atoms with Crippen molar-refractivity contribution in [3.63, 3.8) is 0 Å². The lowest BCUT2D eigenvalue weighted by Crippen LogP contribution is -2.54. The summed E-state index contributed by atoms with van der Waals surface area (Å²) in [5, 5.41) is 16.5. The van der Waals surface area contributed by atoms with Crippen molar-refractivity contribution in [2.75, 3.05) is 46.6 Å². The first kappa shape index (κ1) is 40.9. The lowest BCUT2D eigenvalue weighted by molar-refractivity contribution is -0.144. The molecule has 5 N–H and O–H groups in total. The Labute approximate surface area is 341 Å². The molecule has 3 aromatic carbocycles. The van der Waals surface area contributed by atoms with E-state index in [1.54, 1.807) is 16.0 Å². The van der Waals surface area contributed by atoms with Gasteiger partial charge in [0.15, 0.2) is 0 Å². The van der Waals surface area contributed by atoms with Crippen LogP contribution in [0.3, 0.4) is 0 Å². The van der Waals surface area contributed by atoms with Gasteiger partial charge in [0.25, 0.3) is 0 Å². The minimum absolute atomic E-state index is 0.156. The van der Waals surface area contributed by atoms with Crippen LogP contribution in [0.1, 0.15) is 51.4 Å². The number of benzene rings is 3. The first-order valence-corrected chi connectivity index (χ1v) is 19.8. The molecule has 0 unspecified atom stereocenters. The van der Waals surface area contributed by atoms with Crippen LogP contribution >= 0.6 is 0 Å². The summed E-state index contributed by atoms with van der Waals surface area (Å²) >= 11 is 0. The number of alkyl carbamates (subject to hydrolysis) is 1. The van der Waals surface area contributed by atoms with Gasteiger partial charge in [0, 0.05) is 36.6 Å². The molecule has 2 fully saturated rings. The van der Waals surface area contributed by atoms with E-state index in [4.69, 9.17) is 24.2 Å². The number of carbonyl (C=O) groups excluding carboxylic acids is 3. The number of ether oxygens (including phenoxy) is 3. The molecular weight excluding hydrogens is 757 g/mol. The van der Waals surface area contributed by atoms with Crippen molar-refractivity contribution in [2.24, 2.45) is 11.8 Å². The standard InChI is InChI=1S/C43H50N8O8/c1-24(2)36(48-42(54)55)40(52)50-14-16-58-22-34(50)38-44-20-32(46-38)27-8-6-26(7-9-27)28-10-11-30-19-31(13-12-29(30)18-28)33-21-45-39(47-33)35-23-59-17-15-51(35)41(53)37(25(3)4)49-43(56)57-5/h6-13,18-21,24-25,34-37,48H,14-17,22-23H2,1-5H3,(H,44,46)(H,45,47)(H,49,56)(H,54,55)/t34-,35-,36-,37-/m0/s1. The molecule has 0 bridgehead atoms. The van der Waals surface area contributed by atoms with Crippen molar-refractivity contribution in [2.45, 2.75) is 51.9 Å².